The first kappa shape index (κ1) is 37.7. The van der Waals surface area contributed by atoms with Crippen LogP contribution < -0.4 is 20.1 Å². The second kappa shape index (κ2) is 16.2. The smallest absolute Gasteiger partial charge is 0.411 e. The Morgan fingerprint density at radius 1 is 0.679 bits per heavy atom. The van der Waals surface area contributed by atoms with Crippen LogP contribution in [0.1, 0.15) is 6.92 Å². The van der Waals surface area contributed by atoms with Crippen LogP contribution in [-0.4, -0.2) is 154 Å². The maximum Gasteiger partial charge on any atom is 0.411 e. The van der Waals surface area contributed by atoms with E-state index < -0.39 is 84.3 Å². The fourth-order valence-electron chi connectivity index (χ4n) is 6.28. The van der Waals surface area contributed by atoms with Crippen molar-refractivity contribution in [2.24, 2.45) is 0 Å². The van der Waals surface area contributed by atoms with Gasteiger partial charge in [0, 0.05) is 13.1 Å². The summed E-state index contributed by atoms with van der Waals surface area (Å²) in [5.74, 6) is -3.83. The van der Waals surface area contributed by atoms with Crippen molar-refractivity contribution in [3.63, 3.8) is 0 Å². The number of methoxy groups -OCH3 is 1. The Labute approximate surface area is 301 Å². The second-order valence-corrected chi connectivity index (χ2v) is 11.8. The molecule has 0 bridgehead atoms. The van der Waals surface area contributed by atoms with Gasteiger partial charge in [-0.05, 0) is 31.2 Å². The number of ether oxygens (including phenoxy) is 4. The summed E-state index contributed by atoms with van der Waals surface area (Å²) in [5.41, 5.74) is 0. The third-order valence-corrected chi connectivity index (χ3v) is 8.62. The van der Waals surface area contributed by atoms with Crippen LogP contribution in [0.15, 0.2) is 60.7 Å². The Bertz CT molecular complexity index is 1750. The lowest BCUT2D eigenvalue weighted by Gasteiger charge is -2.43. The van der Waals surface area contributed by atoms with Crippen LogP contribution >= 0.6 is 0 Å². The fraction of sp³-hybridized carbons (Fsp3) is 0.394. The number of hydrogen-bond donors (Lipinski definition) is 4. The van der Waals surface area contributed by atoms with Crippen molar-refractivity contribution in [3.05, 3.63) is 60.7 Å². The average Bonchev–Trinajstić information content (AvgIpc) is 3.71. The van der Waals surface area contributed by atoms with Crippen molar-refractivity contribution in [2.75, 3.05) is 40.0 Å². The molecule has 4 N–H and O–H groups in total. The second-order valence-electron chi connectivity index (χ2n) is 11.8. The van der Waals surface area contributed by atoms with Crippen LogP contribution in [0.2, 0.25) is 0 Å². The molecule has 2 aromatic carbocycles. The number of fused-ring (bicyclic) bond motifs is 2. The lowest BCUT2D eigenvalue weighted by molar-refractivity contribution is -0.163. The van der Waals surface area contributed by atoms with Crippen molar-refractivity contribution >= 4 is 47.8 Å². The number of benzene rings is 2. The molecule has 4 fully saturated rings. The van der Waals surface area contributed by atoms with Crippen LogP contribution in [0, 0.1) is 0 Å². The zero-order chi connectivity index (χ0) is 38.4. The van der Waals surface area contributed by atoms with Gasteiger partial charge in [0.15, 0.2) is 13.2 Å². The summed E-state index contributed by atoms with van der Waals surface area (Å²) >= 11 is 0. The predicted molar refractivity (Wildman–Crippen MR) is 175 cm³/mol. The monoisotopic (exact) mass is 740 g/mol. The largest absolute Gasteiger partial charge is 0.484 e. The van der Waals surface area contributed by atoms with Gasteiger partial charge in [-0.3, -0.25) is 29.0 Å². The zero-order valence-electron chi connectivity index (χ0n) is 28.4. The van der Waals surface area contributed by atoms with Crippen molar-refractivity contribution in [3.8, 4) is 11.5 Å². The number of amides is 6. The van der Waals surface area contributed by atoms with Gasteiger partial charge < -0.3 is 49.6 Å². The van der Waals surface area contributed by atoms with Crippen molar-refractivity contribution in [1.82, 2.24) is 30.2 Å². The van der Waals surface area contributed by atoms with E-state index in [0.717, 1.165) is 26.7 Å². The third kappa shape index (κ3) is 7.85. The molecular weight excluding hydrogens is 704 g/mol. The molecule has 4 unspecified atom stereocenters. The van der Waals surface area contributed by atoms with Crippen molar-refractivity contribution in [2.45, 2.75) is 43.4 Å². The average molecular weight is 741 g/mol. The van der Waals surface area contributed by atoms with Gasteiger partial charge in [-0.15, -0.1) is 0 Å². The highest BCUT2D eigenvalue weighted by molar-refractivity contribution is 5.99. The number of carboxylic acid groups (broad SMARTS) is 2. The fourth-order valence-corrected chi connectivity index (χ4v) is 6.28. The first-order valence-corrected chi connectivity index (χ1v) is 16.2. The molecular formula is C33H36N6O14. The minimum absolute atomic E-state index is 0.0357. The minimum Gasteiger partial charge on any atom is -0.484 e. The minimum atomic E-state index is -1.44. The van der Waals surface area contributed by atoms with E-state index in [0.29, 0.717) is 11.5 Å². The van der Waals surface area contributed by atoms with Crippen LogP contribution in [0.3, 0.4) is 0 Å². The van der Waals surface area contributed by atoms with Crippen molar-refractivity contribution < 1.29 is 67.5 Å². The standard InChI is InChI=1S/C17H19N3O7.C16H17N3O7/c1-2-26-17(25)19-8-11-13(15(22)20(11)14(19)16(23)24)18-12(21)9-27-10-6-4-3-5-7-10;1-25-16(24)18-7-10-12(14(21)19(10)13(18)15(22)23)17-11(20)8-26-9-5-3-2-4-6-9/h3-7,11,13-14H,2,8-9H2,1H3,(H,18,21)(H,23,24);2-6,10,12-13H,7-8H2,1H3,(H,17,20)(H,22,23)/t11?,13-,14?;10?,12-,13?/m00/s1. The molecule has 4 aliphatic rings. The normalized spacial score (nSPS) is 23.5. The van der Waals surface area contributed by atoms with E-state index in [-0.39, 0.29) is 32.9 Å². The molecule has 6 atom stereocenters. The summed E-state index contributed by atoms with van der Waals surface area (Å²) in [4.78, 5) is 99.3. The molecule has 20 nitrogen and oxygen atoms in total. The van der Waals surface area contributed by atoms with Crippen LogP contribution in [0.5, 0.6) is 11.5 Å². The van der Waals surface area contributed by atoms with Crippen LogP contribution in [0.25, 0.3) is 0 Å². The highest BCUT2D eigenvalue weighted by Crippen LogP contribution is 2.34. The topological polar surface area (TPSA) is 251 Å². The zero-order valence-corrected chi connectivity index (χ0v) is 28.4. The SMILES string of the molecule is CCOC(=O)N1CC2[C@H](NC(=O)COc3ccccc3)C(=O)N2C1C(=O)O.COC(=O)N1CC2[C@H](NC(=O)COc3ccccc3)C(=O)N2C1C(=O)O. The highest BCUT2D eigenvalue weighted by Gasteiger charge is 2.62. The molecule has 282 valence electrons. The summed E-state index contributed by atoms with van der Waals surface area (Å²) in [5, 5.41) is 23.7. The Hall–Kier alpha value is -6.60. The molecule has 53 heavy (non-hydrogen) atoms. The molecule has 4 heterocycles. The summed E-state index contributed by atoms with van der Waals surface area (Å²) in [6.07, 6.45) is -4.54. The number of aliphatic carboxylic acids is 2. The van der Waals surface area contributed by atoms with Crippen LogP contribution in [0.4, 0.5) is 9.59 Å². The first-order chi connectivity index (χ1) is 25.4. The van der Waals surface area contributed by atoms with Gasteiger partial charge in [-0.1, -0.05) is 36.4 Å². The summed E-state index contributed by atoms with van der Waals surface area (Å²) < 4.78 is 20.0. The summed E-state index contributed by atoms with van der Waals surface area (Å²) in [6, 6.07) is 14.3. The van der Waals surface area contributed by atoms with E-state index in [1.165, 1.54) is 0 Å². The number of carbonyl (C=O) groups excluding carboxylic acids is 6. The van der Waals surface area contributed by atoms with Gasteiger partial charge in [0.05, 0.1) is 25.8 Å². The number of para-hydroxylation sites is 2. The van der Waals surface area contributed by atoms with Gasteiger partial charge >= 0.3 is 24.1 Å². The summed E-state index contributed by atoms with van der Waals surface area (Å²) in [7, 11) is 1.12. The molecule has 6 rings (SSSR count). The van der Waals surface area contributed by atoms with Gasteiger partial charge in [0.2, 0.25) is 24.1 Å². The van der Waals surface area contributed by atoms with Gasteiger partial charge in [0.1, 0.15) is 23.6 Å². The van der Waals surface area contributed by atoms with E-state index in [1.54, 1.807) is 61.5 Å². The van der Waals surface area contributed by atoms with Crippen molar-refractivity contribution in [1.29, 1.82) is 0 Å². The van der Waals surface area contributed by atoms with Gasteiger partial charge in [0.25, 0.3) is 11.8 Å². The molecule has 0 aromatic heterocycles. The number of rotatable bonds is 11. The molecule has 0 aliphatic carbocycles. The number of nitrogens with one attached hydrogen (secondary N) is 2. The molecule has 4 saturated heterocycles. The lowest BCUT2D eigenvalue weighted by Crippen LogP contribution is -2.71. The van der Waals surface area contributed by atoms with E-state index in [9.17, 15) is 48.6 Å². The summed E-state index contributed by atoms with van der Waals surface area (Å²) in [6.45, 7) is 1.02. The number of hydrogen-bond acceptors (Lipinski definition) is 12. The Morgan fingerprint density at radius 2 is 1.08 bits per heavy atom. The van der Waals surface area contributed by atoms with E-state index in [2.05, 4.69) is 15.4 Å². The molecule has 2 aromatic rings. The predicted octanol–water partition coefficient (Wildman–Crippen LogP) is -1.10. The van der Waals surface area contributed by atoms with Gasteiger partial charge in [-0.2, -0.15) is 0 Å². The maximum atomic E-state index is 12.3. The highest BCUT2D eigenvalue weighted by atomic mass is 16.6. The quantitative estimate of drug-likeness (QED) is 0.200. The molecule has 0 saturated carbocycles. The van der Waals surface area contributed by atoms with Gasteiger partial charge in [-0.25, -0.2) is 19.2 Å². The molecule has 0 spiro atoms. The number of carboxylic acids is 2. The third-order valence-electron chi connectivity index (χ3n) is 8.62. The molecule has 0 radical (unpaired) electrons. The molecule has 4 aliphatic heterocycles. The number of nitrogens with zero attached hydrogens (tertiary/aromatic N) is 4. The van der Waals surface area contributed by atoms with E-state index in [1.807, 2.05) is 6.07 Å². The Kier molecular flexibility index (Phi) is 11.5. The molecule has 6 amide bonds. The lowest BCUT2D eigenvalue weighted by atomic mass is 9.96. The van der Waals surface area contributed by atoms with E-state index in [4.69, 9.17) is 14.2 Å². The maximum absolute atomic E-state index is 12.3. The van der Waals surface area contributed by atoms with Crippen LogP contribution in [-0.2, 0) is 38.2 Å². The van der Waals surface area contributed by atoms with E-state index >= 15 is 0 Å². The Balaban J connectivity index is 0.000000204. The number of β-lactam (4-membered cyclic amide) rings is 2. The Morgan fingerprint density at radius 3 is 1.43 bits per heavy atom. The number of carbonyl (C=O) groups is 8. The first-order valence-electron chi connectivity index (χ1n) is 16.2. The molecule has 20 heteroatoms.